The number of anilines is 2. The van der Waals surface area contributed by atoms with E-state index in [2.05, 4.69) is 26.7 Å². The Morgan fingerprint density at radius 3 is 2.70 bits per heavy atom. The number of aliphatic hydroxyl groups is 1. The van der Waals surface area contributed by atoms with Crippen LogP contribution in [0.15, 0.2) is 31.0 Å². The van der Waals surface area contributed by atoms with Gasteiger partial charge in [-0.1, -0.05) is 19.9 Å². The van der Waals surface area contributed by atoms with E-state index in [0.717, 1.165) is 37.7 Å². The standard InChI is InChI=1S/C20H32N4O3/c1-4-11-27-15-18(25)14-23-7-9-24(10-8-23)19-6-5-17(13-21-19)22-20(26)12-16(2)3/h4-6,13,16,18,25H,1,7-12,14-15H2,2-3H3,(H,22,26)/t18-/m1/s1. The number of hydrogen-bond acceptors (Lipinski definition) is 6. The lowest BCUT2D eigenvalue weighted by Gasteiger charge is -2.36. The molecule has 0 radical (unpaired) electrons. The first-order valence-electron chi connectivity index (χ1n) is 9.58. The molecule has 1 aliphatic rings. The summed E-state index contributed by atoms with van der Waals surface area (Å²) in [6.07, 6.45) is 3.41. The quantitative estimate of drug-likeness (QED) is 0.479. The highest BCUT2D eigenvalue weighted by molar-refractivity contribution is 5.90. The van der Waals surface area contributed by atoms with Crippen molar-refractivity contribution < 1.29 is 14.6 Å². The van der Waals surface area contributed by atoms with E-state index in [9.17, 15) is 9.90 Å². The third-order valence-electron chi connectivity index (χ3n) is 4.34. The van der Waals surface area contributed by atoms with Gasteiger partial charge in [-0.25, -0.2) is 4.98 Å². The van der Waals surface area contributed by atoms with Crippen molar-refractivity contribution in [3.8, 4) is 0 Å². The Balaban J connectivity index is 1.75. The zero-order chi connectivity index (χ0) is 19.6. The number of amides is 1. The van der Waals surface area contributed by atoms with E-state index in [1.807, 2.05) is 26.0 Å². The SMILES string of the molecule is C=CCOC[C@H](O)CN1CCN(c2ccc(NC(=O)CC(C)C)cn2)CC1. The summed E-state index contributed by atoms with van der Waals surface area (Å²) in [6, 6.07) is 3.84. The van der Waals surface area contributed by atoms with Gasteiger partial charge in [0.2, 0.25) is 5.91 Å². The minimum Gasteiger partial charge on any atom is -0.389 e. The van der Waals surface area contributed by atoms with Crippen LogP contribution in [0.4, 0.5) is 11.5 Å². The van der Waals surface area contributed by atoms with Gasteiger partial charge in [0.15, 0.2) is 0 Å². The lowest BCUT2D eigenvalue weighted by Crippen LogP contribution is -2.49. The molecule has 7 nitrogen and oxygen atoms in total. The highest BCUT2D eigenvalue weighted by Gasteiger charge is 2.20. The van der Waals surface area contributed by atoms with Gasteiger partial charge in [0, 0.05) is 39.1 Å². The summed E-state index contributed by atoms with van der Waals surface area (Å²) in [7, 11) is 0. The van der Waals surface area contributed by atoms with Gasteiger partial charge in [0.25, 0.3) is 0 Å². The van der Waals surface area contributed by atoms with Crippen LogP contribution in [0.1, 0.15) is 20.3 Å². The summed E-state index contributed by atoms with van der Waals surface area (Å²) >= 11 is 0. The molecule has 2 heterocycles. The fourth-order valence-electron chi connectivity index (χ4n) is 3.03. The molecule has 0 unspecified atom stereocenters. The topological polar surface area (TPSA) is 77.9 Å². The Bertz CT molecular complexity index is 583. The number of hydrogen-bond donors (Lipinski definition) is 2. The van der Waals surface area contributed by atoms with Gasteiger partial charge in [-0.15, -0.1) is 6.58 Å². The predicted molar refractivity (Wildman–Crippen MR) is 108 cm³/mol. The lowest BCUT2D eigenvalue weighted by atomic mass is 10.1. The number of ether oxygens (including phenoxy) is 1. The van der Waals surface area contributed by atoms with E-state index in [0.29, 0.717) is 32.1 Å². The van der Waals surface area contributed by atoms with Crippen LogP contribution in [-0.4, -0.2) is 72.9 Å². The van der Waals surface area contributed by atoms with E-state index in [4.69, 9.17) is 4.74 Å². The van der Waals surface area contributed by atoms with Crippen LogP contribution in [0.3, 0.4) is 0 Å². The molecule has 0 spiro atoms. The molecule has 1 saturated heterocycles. The normalized spacial score (nSPS) is 16.4. The summed E-state index contributed by atoms with van der Waals surface area (Å²) in [5.74, 6) is 1.26. The number of rotatable bonds is 10. The van der Waals surface area contributed by atoms with E-state index >= 15 is 0 Å². The minimum atomic E-state index is -0.483. The van der Waals surface area contributed by atoms with Crippen LogP contribution < -0.4 is 10.2 Å². The Labute approximate surface area is 162 Å². The third kappa shape index (κ3) is 7.66. The first-order valence-corrected chi connectivity index (χ1v) is 9.58. The first-order chi connectivity index (χ1) is 13.0. The summed E-state index contributed by atoms with van der Waals surface area (Å²) in [5, 5.41) is 12.9. The van der Waals surface area contributed by atoms with E-state index in [-0.39, 0.29) is 5.91 Å². The van der Waals surface area contributed by atoms with Crippen molar-refractivity contribution in [1.82, 2.24) is 9.88 Å². The molecule has 1 aromatic heterocycles. The van der Waals surface area contributed by atoms with Crippen molar-refractivity contribution in [2.45, 2.75) is 26.4 Å². The molecule has 150 valence electrons. The number of aromatic nitrogens is 1. The highest BCUT2D eigenvalue weighted by Crippen LogP contribution is 2.17. The number of pyridine rings is 1. The van der Waals surface area contributed by atoms with Crippen LogP contribution in [0.25, 0.3) is 0 Å². The third-order valence-corrected chi connectivity index (χ3v) is 4.34. The maximum Gasteiger partial charge on any atom is 0.224 e. The molecule has 1 aromatic rings. The van der Waals surface area contributed by atoms with Crippen molar-refractivity contribution in [3.05, 3.63) is 31.0 Å². The van der Waals surface area contributed by atoms with E-state index in [1.54, 1.807) is 12.3 Å². The van der Waals surface area contributed by atoms with Gasteiger partial charge in [0.1, 0.15) is 5.82 Å². The molecule has 0 aromatic carbocycles. The number of nitrogens with one attached hydrogen (secondary N) is 1. The smallest absolute Gasteiger partial charge is 0.224 e. The van der Waals surface area contributed by atoms with Crippen molar-refractivity contribution >= 4 is 17.4 Å². The van der Waals surface area contributed by atoms with Crippen LogP contribution >= 0.6 is 0 Å². The van der Waals surface area contributed by atoms with Crippen molar-refractivity contribution in [3.63, 3.8) is 0 Å². The molecular formula is C20H32N4O3. The van der Waals surface area contributed by atoms with Gasteiger partial charge >= 0.3 is 0 Å². The number of aliphatic hydroxyl groups excluding tert-OH is 1. The molecule has 2 N–H and O–H groups in total. The van der Waals surface area contributed by atoms with Gasteiger partial charge in [-0.05, 0) is 18.1 Å². The second kappa shape index (κ2) is 11.0. The molecule has 7 heteroatoms. The van der Waals surface area contributed by atoms with Gasteiger partial charge in [-0.2, -0.15) is 0 Å². The minimum absolute atomic E-state index is 0.0174. The molecular weight excluding hydrogens is 344 g/mol. The molecule has 0 saturated carbocycles. The molecule has 27 heavy (non-hydrogen) atoms. The van der Waals surface area contributed by atoms with Crippen molar-refractivity contribution in [1.29, 1.82) is 0 Å². The fourth-order valence-corrected chi connectivity index (χ4v) is 3.03. The molecule has 1 aliphatic heterocycles. The Morgan fingerprint density at radius 2 is 2.11 bits per heavy atom. The predicted octanol–water partition coefficient (Wildman–Crippen LogP) is 1.75. The van der Waals surface area contributed by atoms with Gasteiger partial charge in [0.05, 0.1) is 31.2 Å². The van der Waals surface area contributed by atoms with Crippen LogP contribution in [0.2, 0.25) is 0 Å². The second-order valence-corrected chi connectivity index (χ2v) is 7.32. The summed E-state index contributed by atoms with van der Waals surface area (Å²) < 4.78 is 5.29. The van der Waals surface area contributed by atoms with E-state index < -0.39 is 6.10 Å². The first kappa shape index (κ1) is 21.3. The second-order valence-electron chi connectivity index (χ2n) is 7.32. The largest absolute Gasteiger partial charge is 0.389 e. The highest BCUT2D eigenvalue weighted by atomic mass is 16.5. The molecule has 0 bridgehead atoms. The van der Waals surface area contributed by atoms with Crippen LogP contribution in [-0.2, 0) is 9.53 Å². The number of piperazine rings is 1. The maximum absolute atomic E-state index is 11.8. The molecule has 2 rings (SSSR count). The Kier molecular flexibility index (Phi) is 8.71. The van der Waals surface area contributed by atoms with Gasteiger partial charge in [-0.3, -0.25) is 9.69 Å². The van der Waals surface area contributed by atoms with Crippen molar-refractivity contribution in [2.24, 2.45) is 5.92 Å². The maximum atomic E-state index is 11.8. The van der Waals surface area contributed by atoms with Crippen molar-refractivity contribution in [2.75, 3.05) is 56.2 Å². The average Bonchev–Trinajstić information content (AvgIpc) is 2.62. The summed E-state index contributed by atoms with van der Waals surface area (Å²) in [6.45, 7) is 12.5. The Hall–Kier alpha value is -1.96. The number of β-amino-alcohol motifs (C(OH)–C–C–N with tert-alkyl or cyclic N) is 1. The summed E-state index contributed by atoms with van der Waals surface area (Å²) in [4.78, 5) is 20.8. The lowest BCUT2D eigenvalue weighted by molar-refractivity contribution is -0.116. The molecule has 0 aliphatic carbocycles. The number of nitrogens with zero attached hydrogens (tertiary/aromatic N) is 3. The van der Waals surface area contributed by atoms with Gasteiger partial charge < -0.3 is 20.1 Å². The van der Waals surface area contributed by atoms with Crippen LogP contribution in [0.5, 0.6) is 0 Å². The zero-order valence-electron chi connectivity index (χ0n) is 16.4. The monoisotopic (exact) mass is 376 g/mol. The Morgan fingerprint density at radius 1 is 1.37 bits per heavy atom. The number of carbonyl (C=O) groups excluding carboxylic acids is 1. The van der Waals surface area contributed by atoms with Crippen LogP contribution in [0, 0.1) is 5.92 Å². The molecule has 1 fully saturated rings. The fraction of sp³-hybridized carbons (Fsp3) is 0.600. The zero-order valence-corrected chi connectivity index (χ0v) is 16.4. The van der Waals surface area contributed by atoms with E-state index in [1.165, 1.54) is 0 Å². The molecule has 1 amide bonds. The number of carbonyl (C=O) groups is 1. The summed E-state index contributed by atoms with van der Waals surface area (Å²) in [5.41, 5.74) is 0.727. The average molecular weight is 377 g/mol. The molecule has 1 atom stereocenters.